The van der Waals surface area contributed by atoms with Crippen LogP contribution in [0.1, 0.15) is 5.69 Å². The Bertz CT molecular complexity index is 1290. The Labute approximate surface area is 181 Å². The molecule has 30 heavy (non-hydrogen) atoms. The predicted molar refractivity (Wildman–Crippen MR) is 117 cm³/mol. The van der Waals surface area contributed by atoms with E-state index in [1.165, 1.54) is 18.2 Å². The monoisotopic (exact) mass is 461 g/mol. The summed E-state index contributed by atoms with van der Waals surface area (Å²) in [5, 5.41) is 0.693. The lowest BCUT2D eigenvalue weighted by Crippen LogP contribution is -2.16. The van der Waals surface area contributed by atoms with E-state index in [2.05, 4.69) is 9.71 Å². The maximum absolute atomic E-state index is 12.9. The highest BCUT2D eigenvalue weighted by Crippen LogP contribution is 2.31. The fraction of sp³-hybridized carbons (Fsp3) is 0.0500. The lowest BCUT2D eigenvalue weighted by atomic mass is 10.3. The van der Waals surface area contributed by atoms with E-state index in [0.29, 0.717) is 27.5 Å². The highest BCUT2D eigenvalue weighted by molar-refractivity contribution is 7.93. The van der Waals surface area contributed by atoms with Gasteiger partial charge in [0.2, 0.25) is 5.09 Å². The smallest absolute Gasteiger partial charge is 0.295 e. The number of nitrogens with zero attached hydrogens (tertiary/aromatic N) is 1. The molecule has 2 heterocycles. The molecule has 3 N–H and O–H groups in total. The number of hydrogen-bond donors (Lipinski definition) is 2. The van der Waals surface area contributed by atoms with Gasteiger partial charge in [-0.05, 0) is 47.6 Å². The van der Waals surface area contributed by atoms with Gasteiger partial charge in [0.1, 0.15) is 17.1 Å². The van der Waals surface area contributed by atoms with Crippen molar-refractivity contribution in [2.24, 2.45) is 0 Å². The summed E-state index contributed by atoms with van der Waals surface area (Å²) in [5.41, 5.74) is 6.74. The second-order valence-electron chi connectivity index (χ2n) is 6.39. The third-order valence-corrected chi connectivity index (χ3v) is 7.07. The van der Waals surface area contributed by atoms with Crippen LogP contribution in [0.2, 0.25) is 5.02 Å². The highest BCUT2D eigenvalue weighted by atomic mass is 35.5. The fourth-order valence-electron chi connectivity index (χ4n) is 2.86. The molecule has 0 spiro atoms. The Hall–Kier alpha value is -2.72. The van der Waals surface area contributed by atoms with Crippen molar-refractivity contribution in [2.75, 3.05) is 10.5 Å². The predicted octanol–water partition coefficient (Wildman–Crippen LogP) is 4.17. The molecule has 0 aliphatic carbocycles. The molecular formula is C20H16ClN3O4S2. The van der Waals surface area contributed by atoms with Gasteiger partial charge in [0, 0.05) is 16.5 Å². The van der Waals surface area contributed by atoms with Gasteiger partial charge in [0.15, 0.2) is 10.6 Å². The Morgan fingerprint density at radius 1 is 1.10 bits per heavy atom. The van der Waals surface area contributed by atoms with E-state index in [9.17, 15) is 13.0 Å². The van der Waals surface area contributed by atoms with Crippen LogP contribution in [0.4, 0.5) is 11.5 Å². The molecule has 0 bridgehead atoms. The van der Waals surface area contributed by atoms with Gasteiger partial charge in [-0.25, -0.2) is 4.98 Å². The van der Waals surface area contributed by atoms with Gasteiger partial charge in [-0.3, -0.25) is 4.72 Å². The van der Waals surface area contributed by atoms with Crippen molar-refractivity contribution < 1.29 is 17.4 Å². The first-order chi connectivity index (χ1) is 14.3. The second-order valence-corrected chi connectivity index (χ2v) is 9.86. The topological polar surface area (TPSA) is 121 Å². The SMILES string of the molecule is Nc1cccc(C[S+]([O-])c2ccc(Cl)cc2NS(=O)(=O)c2cc3ccccc3o2)n1. The molecule has 0 saturated heterocycles. The molecule has 0 fully saturated rings. The van der Waals surface area contributed by atoms with Crippen LogP contribution in [0.25, 0.3) is 11.0 Å². The van der Waals surface area contributed by atoms with Crippen molar-refractivity contribution in [2.45, 2.75) is 15.7 Å². The summed E-state index contributed by atoms with van der Waals surface area (Å²) in [6.07, 6.45) is 0. The number of nitrogens with one attached hydrogen (secondary N) is 1. The lowest BCUT2D eigenvalue weighted by molar-refractivity contribution is 0.484. The third-order valence-electron chi connectivity index (χ3n) is 4.21. The van der Waals surface area contributed by atoms with Crippen molar-refractivity contribution in [1.82, 2.24) is 4.98 Å². The third kappa shape index (κ3) is 4.39. The van der Waals surface area contributed by atoms with Gasteiger partial charge in [-0.1, -0.05) is 35.9 Å². The number of anilines is 2. The van der Waals surface area contributed by atoms with Crippen LogP contribution < -0.4 is 10.5 Å². The minimum absolute atomic E-state index is 0.0615. The van der Waals surface area contributed by atoms with Crippen molar-refractivity contribution in [3.05, 3.63) is 77.4 Å². The van der Waals surface area contributed by atoms with Crippen molar-refractivity contribution in [3.63, 3.8) is 0 Å². The summed E-state index contributed by atoms with van der Waals surface area (Å²) < 4.78 is 46.6. The van der Waals surface area contributed by atoms with Gasteiger partial charge in [0.25, 0.3) is 10.0 Å². The zero-order valence-electron chi connectivity index (χ0n) is 15.4. The number of pyridine rings is 1. The maximum Gasteiger partial charge on any atom is 0.295 e. The summed E-state index contributed by atoms with van der Waals surface area (Å²) in [4.78, 5) is 4.40. The van der Waals surface area contributed by atoms with Crippen molar-refractivity contribution in [1.29, 1.82) is 0 Å². The van der Waals surface area contributed by atoms with E-state index in [0.717, 1.165) is 0 Å². The zero-order chi connectivity index (χ0) is 21.3. The number of sulfonamides is 1. The van der Waals surface area contributed by atoms with E-state index >= 15 is 0 Å². The van der Waals surface area contributed by atoms with Crippen LogP contribution in [-0.2, 0) is 27.0 Å². The molecule has 2 aromatic heterocycles. The van der Waals surface area contributed by atoms with Crippen molar-refractivity contribution in [3.8, 4) is 0 Å². The van der Waals surface area contributed by atoms with Crippen LogP contribution in [0.3, 0.4) is 0 Å². The molecule has 10 heteroatoms. The molecule has 0 aliphatic rings. The molecule has 7 nitrogen and oxygen atoms in total. The van der Waals surface area contributed by atoms with E-state index < -0.39 is 21.2 Å². The minimum Gasteiger partial charge on any atom is -0.611 e. The summed E-state index contributed by atoms with van der Waals surface area (Å²) in [5.74, 6) is 0.373. The number of nitrogens with two attached hydrogens (primary N) is 1. The zero-order valence-corrected chi connectivity index (χ0v) is 17.8. The number of benzene rings is 2. The van der Waals surface area contributed by atoms with Crippen LogP contribution in [0, 0.1) is 0 Å². The molecule has 0 radical (unpaired) electrons. The molecule has 154 valence electrons. The second kappa shape index (κ2) is 8.19. The Kier molecular flexibility index (Phi) is 5.61. The first-order valence-corrected chi connectivity index (χ1v) is 11.9. The van der Waals surface area contributed by atoms with Crippen LogP contribution in [0.15, 0.2) is 81.1 Å². The molecule has 0 amide bonds. The molecular weight excluding hydrogens is 446 g/mol. The quantitative estimate of drug-likeness (QED) is 0.415. The number of furan rings is 1. The van der Waals surface area contributed by atoms with Crippen LogP contribution >= 0.6 is 11.6 Å². The van der Waals surface area contributed by atoms with Gasteiger partial charge in [-0.2, -0.15) is 8.42 Å². The summed E-state index contributed by atoms with van der Waals surface area (Å²) in [7, 11) is -4.07. The average molecular weight is 462 g/mol. The summed E-state index contributed by atoms with van der Waals surface area (Å²) in [6.45, 7) is 0. The molecule has 1 atom stereocenters. The first-order valence-electron chi connectivity index (χ1n) is 8.72. The summed E-state index contributed by atoms with van der Waals surface area (Å²) >= 11 is 4.45. The van der Waals surface area contributed by atoms with Crippen LogP contribution in [-0.4, -0.2) is 18.0 Å². The Balaban J connectivity index is 1.65. The van der Waals surface area contributed by atoms with E-state index in [1.54, 1.807) is 48.5 Å². The number of fused-ring (bicyclic) bond motifs is 1. The number of para-hydroxylation sites is 1. The van der Waals surface area contributed by atoms with E-state index in [-0.39, 0.29) is 21.4 Å². The van der Waals surface area contributed by atoms with Crippen LogP contribution in [0.5, 0.6) is 0 Å². The van der Waals surface area contributed by atoms with Gasteiger partial charge < -0.3 is 14.7 Å². The standard InChI is InChI=1S/C20H16ClN3O4S2/c21-14-8-9-18(29(25)12-15-5-3-7-19(22)23-15)16(11-14)24-30(26,27)20-10-13-4-1-2-6-17(13)28-20/h1-11,24H,12H2,(H2,22,23). The van der Waals surface area contributed by atoms with Gasteiger partial charge in [-0.15, -0.1) is 0 Å². The number of rotatable bonds is 6. The molecule has 2 aromatic carbocycles. The Morgan fingerprint density at radius 2 is 1.90 bits per heavy atom. The van der Waals surface area contributed by atoms with Crippen molar-refractivity contribution >= 4 is 55.3 Å². The molecule has 4 aromatic rings. The van der Waals surface area contributed by atoms with Gasteiger partial charge >= 0.3 is 0 Å². The Morgan fingerprint density at radius 3 is 2.67 bits per heavy atom. The van der Waals surface area contributed by atoms with E-state index in [4.69, 9.17) is 21.8 Å². The number of aromatic nitrogens is 1. The average Bonchev–Trinajstić information content (AvgIpc) is 3.13. The highest BCUT2D eigenvalue weighted by Gasteiger charge is 2.25. The molecule has 4 rings (SSSR count). The lowest BCUT2D eigenvalue weighted by Gasteiger charge is -2.15. The number of halogens is 1. The molecule has 1 unspecified atom stereocenters. The molecule has 0 aliphatic heterocycles. The molecule has 0 saturated carbocycles. The summed E-state index contributed by atoms with van der Waals surface area (Å²) in [6, 6.07) is 17.9. The largest absolute Gasteiger partial charge is 0.611 e. The maximum atomic E-state index is 12.9. The van der Waals surface area contributed by atoms with E-state index in [1.807, 2.05) is 0 Å². The minimum atomic E-state index is -4.07. The first kappa shape index (κ1) is 20.5. The van der Waals surface area contributed by atoms with Gasteiger partial charge in [0.05, 0.1) is 5.69 Å². The fourth-order valence-corrected chi connectivity index (χ4v) is 5.29. The normalized spacial score (nSPS) is 12.7. The number of nitrogen functional groups attached to an aromatic ring is 1. The number of hydrogen-bond acceptors (Lipinski definition) is 6.